The smallest absolute Gasteiger partial charge is 0.0799 e. The first kappa shape index (κ1) is 26.2. The van der Waals surface area contributed by atoms with Crippen molar-refractivity contribution in [2.45, 2.75) is 123 Å². The summed E-state index contributed by atoms with van der Waals surface area (Å²) in [5.41, 5.74) is 0. The average molecular weight is 390 g/mol. The minimum Gasteiger partial charge on any atom is -0.391 e. The molecular weight excluding hydrogens is 342 g/mol. The fourth-order valence-corrected chi connectivity index (χ4v) is 3.53. The molecule has 0 bridgehead atoms. The molecule has 1 atom stereocenters. The lowest BCUT2D eigenvalue weighted by Crippen LogP contribution is -2.28. The molecule has 0 aliphatic heterocycles. The van der Waals surface area contributed by atoms with Gasteiger partial charge in [-0.15, -0.1) is 11.6 Å². The van der Waals surface area contributed by atoms with E-state index in [2.05, 4.69) is 19.2 Å². The van der Waals surface area contributed by atoms with Crippen LogP contribution in [0.2, 0.25) is 0 Å². The average Bonchev–Trinajstić information content (AvgIpc) is 2.63. The second-order valence-electron chi connectivity index (χ2n) is 8.50. The zero-order valence-electron chi connectivity index (χ0n) is 17.9. The lowest BCUT2D eigenvalue weighted by atomic mass is 10.0. The first-order chi connectivity index (χ1) is 12.7. The molecule has 26 heavy (non-hydrogen) atoms. The van der Waals surface area contributed by atoms with Crippen molar-refractivity contribution in [1.82, 2.24) is 5.32 Å². The molecule has 0 aromatic heterocycles. The Labute approximate surface area is 169 Å². The molecular formula is C23H48ClNO. The second kappa shape index (κ2) is 21.5. The summed E-state index contributed by atoms with van der Waals surface area (Å²) in [5, 5.41) is 12.6. The molecule has 0 spiro atoms. The number of aliphatic hydroxyl groups excluding tert-OH is 1. The second-order valence-corrected chi connectivity index (χ2v) is 8.81. The molecule has 0 aliphatic carbocycles. The van der Waals surface area contributed by atoms with Crippen molar-refractivity contribution >= 4 is 11.6 Å². The molecule has 0 heterocycles. The first-order valence-corrected chi connectivity index (χ1v) is 12.1. The minimum atomic E-state index is -0.397. The zero-order chi connectivity index (χ0) is 19.3. The molecule has 0 radical (unpaired) electrons. The van der Waals surface area contributed by atoms with Gasteiger partial charge in [0.2, 0.25) is 0 Å². The van der Waals surface area contributed by atoms with Gasteiger partial charge in [0.1, 0.15) is 0 Å². The highest BCUT2D eigenvalue weighted by Crippen LogP contribution is 2.14. The van der Waals surface area contributed by atoms with Crippen molar-refractivity contribution in [2.75, 3.05) is 19.0 Å². The molecule has 0 amide bonds. The van der Waals surface area contributed by atoms with Gasteiger partial charge in [0.05, 0.1) is 6.10 Å². The Bertz CT molecular complexity index is 261. The third-order valence-electron chi connectivity index (χ3n) is 5.19. The number of hydrogen-bond acceptors (Lipinski definition) is 2. The van der Waals surface area contributed by atoms with Crippen LogP contribution < -0.4 is 5.32 Å². The van der Waals surface area contributed by atoms with E-state index >= 15 is 0 Å². The highest BCUT2D eigenvalue weighted by atomic mass is 35.5. The molecule has 0 aromatic rings. The predicted octanol–water partition coefficient (Wildman–Crippen LogP) is 7.07. The van der Waals surface area contributed by atoms with Crippen LogP contribution in [0.1, 0.15) is 117 Å². The Morgan fingerprint density at radius 2 is 1.04 bits per heavy atom. The maximum atomic E-state index is 9.31. The van der Waals surface area contributed by atoms with E-state index in [4.69, 9.17) is 11.6 Å². The molecule has 158 valence electrons. The van der Waals surface area contributed by atoms with Gasteiger partial charge in [0.15, 0.2) is 0 Å². The van der Waals surface area contributed by atoms with Crippen LogP contribution in [0.4, 0.5) is 0 Å². The number of halogens is 1. The summed E-state index contributed by atoms with van der Waals surface area (Å²) in [7, 11) is 0. The topological polar surface area (TPSA) is 32.3 Å². The van der Waals surface area contributed by atoms with Gasteiger partial charge >= 0.3 is 0 Å². The Balaban J connectivity index is 3.01. The molecule has 0 fully saturated rings. The Morgan fingerprint density at radius 1 is 0.654 bits per heavy atom. The van der Waals surface area contributed by atoms with Crippen molar-refractivity contribution in [3.8, 4) is 0 Å². The highest BCUT2D eigenvalue weighted by Gasteiger charge is 2.00. The summed E-state index contributed by atoms with van der Waals surface area (Å²) in [4.78, 5) is 0. The van der Waals surface area contributed by atoms with Gasteiger partial charge in [-0.1, -0.05) is 110 Å². The molecule has 1 unspecified atom stereocenters. The predicted molar refractivity (Wildman–Crippen MR) is 118 cm³/mol. The molecule has 0 saturated carbocycles. The number of unbranched alkanes of at least 4 members (excludes halogenated alkanes) is 14. The summed E-state index contributed by atoms with van der Waals surface area (Å²) >= 11 is 5.55. The van der Waals surface area contributed by atoms with Crippen molar-refractivity contribution in [3.63, 3.8) is 0 Å². The van der Waals surface area contributed by atoms with Crippen LogP contribution in [-0.2, 0) is 0 Å². The molecule has 0 saturated heterocycles. The third kappa shape index (κ3) is 22.3. The maximum Gasteiger partial charge on any atom is 0.0799 e. The van der Waals surface area contributed by atoms with Gasteiger partial charge in [-0.3, -0.25) is 0 Å². The maximum absolute atomic E-state index is 9.31. The third-order valence-corrected chi connectivity index (χ3v) is 5.55. The first-order valence-electron chi connectivity index (χ1n) is 11.6. The Hall–Kier alpha value is 0.210. The van der Waals surface area contributed by atoms with E-state index < -0.39 is 6.10 Å². The van der Waals surface area contributed by atoms with Crippen LogP contribution in [0.5, 0.6) is 0 Å². The fourth-order valence-electron chi connectivity index (χ4n) is 3.42. The molecule has 0 rings (SSSR count). The van der Waals surface area contributed by atoms with Crippen molar-refractivity contribution in [1.29, 1.82) is 0 Å². The summed E-state index contributed by atoms with van der Waals surface area (Å²) < 4.78 is 0. The fraction of sp³-hybridized carbons (Fsp3) is 1.00. The number of rotatable bonds is 21. The standard InChI is InChI=1S/C23H48ClNO/c1-22(2)18-16-14-12-10-8-6-4-3-5-7-9-11-13-15-17-19-25-21-23(26)20-24/h22-23,25-26H,3-21H2,1-2H3. The van der Waals surface area contributed by atoms with Crippen LogP contribution in [0.3, 0.4) is 0 Å². The Kier molecular flexibility index (Phi) is 21.7. The molecule has 3 heteroatoms. The normalized spacial score (nSPS) is 12.8. The summed E-state index contributed by atoms with van der Waals surface area (Å²) in [6, 6.07) is 0. The lowest BCUT2D eigenvalue weighted by molar-refractivity contribution is 0.194. The lowest BCUT2D eigenvalue weighted by Gasteiger charge is -2.08. The highest BCUT2D eigenvalue weighted by molar-refractivity contribution is 6.18. The molecule has 0 aliphatic rings. The van der Waals surface area contributed by atoms with Crippen LogP contribution in [0.15, 0.2) is 0 Å². The van der Waals surface area contributed by atoms with Crippen LogP contribution in [0, 0.1) is 5.92 Å². The van der Waals surface area contributed by atoms with Crippen LogP contribution in [0.25, 0.3) is 0 Å². The van der Waals surface area contributed by atoms with E-state index in [1.165, 1.54) is 103 Å². The Morgan fingerprint density at radius 3 is 1.42 bits per heavy atom. The van der Waals surface area contributed by atoms with Gasteiger partial charge in [-0.2, -0.15) is 0 Å². The largest absolute Gasteiger partial charge is 0.391 e. The van der Waals surface area contributed by atoms with E-state index in [-0.39, 0.29) is 0 Å². The molecule has 2 N–H and O–H groups in total. The summed E-state index contributed by atoms with van der Waals surface area (Å²) in [5.74, 6) is 1.21. The molecule has 0 aromatic carbocycles. The van der Waals surface area contributed by atoms with Gasteiger partial charge < -0.3 is 10.4 Å². The van der Waals surface area contributed by atoms with Crippen molar-refractivity contribution in [2.24, 2.45) is 5.92 Å². The van der Waals surface area contributed by atoms with Gasteiger partial charge in [0.25, 0.3) is 0 Å². The van der Waals surface area contributed by atoms with Gasteiger partial charge in [-0.25, -0.2) is 0 Å². The molecule has 2 nitrogen and oxygen atoms in total. The SMILES string of the molecule is CC(C)CCCCCCCCCCCCCCCCCNCC(O)CCl. The van der Waals surface area contributed by atoms with Crippen molar-refractivity contribution < 1.29 is 5.11 Å². The summed E-state index contributed by atoms with van der Waals surface area (Å²) in [6.07, 6.45) is 22.2. The quantitative estimate of drug-likeness (QED) is 0.162. The van der Waals surface area contributed by atoms with Crippen molar-refractivity contribution in [3.05, 3.63) is 0 Å². The van der Waals surface area contributed by atoms with E-state index in [1.54, 1.807) is 0 Å². The van der Waals surface area contributed by atoms with Crippen LogP contribution >= 0.6 is 11.6 Å². The van der Waals surface area contributed by atoms with E-state index in [9.17, 15) is 5.11 Å². The number of aliphatic hydroxyl groups is 1. The van der Waals surface area contributed by atoms with Crippen LogP contribution in [-0.4, -0.2) is 30.2 Å². The minimum absolute atomic E-state index is 0.325. The zero-order valence-corrected chi connectivity index (χ0v) is 18.7. The number of nitrogens with one attached hydrogen (secondary N) is 1. The van der Waals surface area contributed by atoms with E-state index in [0.29, 0.717) is 12.4 Å². The number of alkyl halides is 1. The van der Waals surface area contributed by atoms with Gasteiger partial charge in [0, 0.05) is 12.4 Å². The van der Waals surface area contributed by atoms with Gasteiger partial charge in [-0.05, 0) is 18.9 Å². The van der Waals surface area contributed by atoms with E-state index in [1.807, 2.05) is 0 Å². The monoisotopic (exact) mass is 389 g/mol. The van der Waals surface area contributed by atoms with E-state index in [0.717, 1.165) is 12.5 Å². The summed E-state index contributed by atoms with van der Waals surface area (Å²) in [6.45, 7) is 6.29. The number of hydrogen-bond donors (Lipinski definition) is 2.